The van der Waals surface area contributed by atoms with Crippen LogP contribution in [-0.2, 0) is 23.6 Å². The number of benzene rings is 1. The van der Waals surface area contributed by atoms with Gasteiger partial charge in [0.15, 0.2) is 0 Å². The Hall–Kier alpha value is -1.86. The largest absolute Gasteiger partial charge is 0.310 e. The predicted octanol–water partition coefficient (Wildman–Crippen LogP) is 1.47. The molecular weight excluding hydrogens is 288 g/mol. The van der Waals surface area contributed by atoms with Crippen LogP contribution in [0.4, 0.5) is 5.69 Å². The Morgan fingerprint density at radius 2 is 2.00 bits per heavy atom. The van der Waals surface area contributed by atoms with Crippen molar-refractivity contribution in [1.29, 1.82) is 0 Å². The van der Waals surface area contributed by atoms with Gasteiger partial charge in [0.25, 0.3) is 10.0 Å². The lowest BCUT2D eigenvalue weighted by molar-refractivity contribution is 0.601. The number of aromatic nitrogens is 2. The average molecular weight is 306 g/mol. The minimum atomic E-state index is -3.57. The lowest BCUT2D eigenvalue weighted by Gasteiger charge is -2.08. The highest BCUT2D eigenvalue weighted by Crippen LogP contribution is 2.20. The number of hydrogen-bond acceptors (Lipinski definition) is 4. The Balaban J connectivity index is 1.66. The maximum Gasteiger partial charge on any atom is 0.265 e. The molecule has 21 heavy (non-hydrogen) atoms. The molecular formula is C14H18N4O2S. The van der Waals surface area contributed by atoms with E-state index in [2.05, 4.69) is 15.1 Å². The summed E-state index contributed by atoms with van der Waals surface area (Å²) in [5, 5.41) is 7.29. The summed E-state index contributed by atoms with van der Waals surface area (Å²) in [6.07, 6.45) is 5.30. The number of hydrogen-bond donors (Lipinski definition) is 2. The molecule has 0 unspecified atom stereocenters. The fourth-order valence-corrected chi connectivity index (χ4v) is 3.03. The topological polar surface area (TPSA) is 76.0 Å². The third-order valence-corrected chi connectivity index (χ3v) is 4.71. The van der Waals surface area contributed by atoms with E-state index in [0.29, 0.717) is 11.7 Å². The molecule has 6 nitrogen and oxygen atoms in total. The van der Waals surface area contributed by atoms with Crippen molar-refractivity contribution in [2.75, 3.05) is 4.72 Å². The van der Waals surface area contributed by atoms with E-state index in [-0.39, 0.29) is 4.90 Å². The molecule has 0 bridgehead atoms. The molecule has 0 radical (unpaired) electrons. The van der Waals surface area contributed by atoms with Gasteiger partial charge in [-0.3, -0.25) is 9.40 Å². The number of anilines is 1. The molecule has 0 atom stereocenters. The first-order valence-corrected chi connectivity index (χ1v) is 8.35. The fourth-order valence-electron chi connectivity index (χ4n) is 1.99. The second-order valence-corrected chi connectivity index (χ2v) is 6.99. The molecule has 0 spiro atoms. The minimum Gasteiger partial charge on any atom is -0.310 e. The van der Waals surface area contributed by atoms with Gasteiger partial charge in [0.1, 0.15) is 4.90 Å². The van der Waals surface area contributed by atoms with E-state index in [9.17, 15) is 8.42 Å². The van der Waals surface area contributed by atoms with Gasteiger partial charge in [0, 0.05) is 31.5 Å². The molecule has 1 fully saturated rings. The van der Waals surface area contributed by atoms with Gasteiger partial charge in [-0.25, -0.2) is 8.42 Å². The number of rotatable bonds is 6. The Bertz CT molecular complexity index is 718. The van der Waals surface area contributed by atoms with Crippen molar-refractivity contribution in [3.8, 4) is 0 Å². The summed E-state index contributed by atoms with van der Waals surface area (Å²) in [5.74, 6) is 0. The van der Waals surface area contributed by atoms with Crippen LogP contribution >= 0.6 is 0 Å². The van der Waals surface area contributed by atoms with Crippen molar-refractivity contribution in [2.45, 2.75) is 30.3 Å². The molecule has 112 valence electrons. The third kappa shape index (κ3) is 3.62. The first kappa shape index (κ1) is 14.1. The summed E-state index contributed by atoms with van der Waals surface area (Å²) >= 11 is 0. The standard InChI is InChI=1S/C14H18N4O2S/c1-18-10-14(9-16-18)21(19,20)17-13-4-2-11(3-5-13)8-15-12-6-7-12/h2-5,9-10,12,15,17H,6-8H2,1H3. The maximum atomic E-state index is 12.1. The molecule has 1 aliphatic carbocycles. The highest BCUT2D eigenvalue weighted by Gasteiger charge is 2.20. The molecule has 2 N–H and O–H groups in total. The van der Waals surface area contributed by atoms with Gasteiger partial charge in [-0.1, -0.05) is 12.1 Å². The second-order valence-electron chi connectivity index (χ2n) is 5.31. The Labute approximate surface area is 124 Å². The molecule has 1 aromatic heterocycles. The van der Waals surface area contributed by atoms with Gasteiger partial charge in [0.2, 0.25) is 0 Å². The van der Waals surface area contributed by atoms with Crippen molar-refractivity contribution in [3.63, 3.8) is 0 Å². The van der Waals surface area contributed by atoms with Crippen LogP contribution in [0.15, 0.2) is 41.6 Å². The predicted molar refractivity (Wildman–Crippen MR) is 80.3 cm³/mol. The Morgan fingerprint density at radius 3 is 2.57 bits per heavy atom. The number of sulfonamides is 1. The number of aryl methyl sites for hydroxylation is 1. The van der Waals surface area contributed by atoms with Gasteiger partial charge in [-0.2, -0.15) is 5.10 Å². The van der Waals surface area contributed by atoms with Gasteiger partial charge in [0.05, 0.1) is 6.20 Å². The van der Waals surface area contributed by atoms with Crippen LogP contribution in [0.3, 0.4) is 0 Å². The van der Waals surface area contributed by atoms with Crippen LogP contribution in [0.25, 0.3) is 0 Å². The van der Waals surface area contributed by atoms with Crippen molar-refractivity contribution in [2.24, 2.45) is 7.05 Å². The first-order valence-electron chi connectivity index (χ1n) is 6.87. The fraction of sp³-hybridized carbons (Fsp3) is 0.357. The zero-order valence-electron chi connectivity index (χ0n) is 11.8. The van der Waals surface area contributed by atoms with Crippen LogP contribution in [0.2, 0.25) is 0 Å². The minimum absolute atomic E-state index is 0.157. The summed E-state index contributed by atoms with van der Waals surface area (Å²) in [6.45, 7) is 0.820. The van der Waals surface area contributed by atoms with E-state index in [1.807, 2.05) is 12.1 Å². The van der Waals surface area contributed by atoms with Gasteiger partial charge in [-0.15, -0.1) is 0 Å². The second kappa shape index (κ2) is 5.50. The van der Waals surface area contributed by atoms with Crippen molar-refractivity contribution in [3.05, 3.63) is 42.2 Å². The van der Waals surface area contributed by atoms with E-state index in [0.717, 1.165) is 12.1 Å². The van der Waals surface area contributed by atoms with Crippen LogP contribution in [-0.4, -0.2) is 24.2 Å². The van der Waals surface area contributed by atoms with Gasteiger partial charge < -0.3 is 5.32 Å². The van der Waals surface area contributed by atoms with E-state index >= 15 is 0 Å². The number of nitrogens with one attached hydrogen (secondary N) is 2. The van der Waals surface area contributed by atoms with Gasteiger partial charge in [-0.05, 0) is 30.5 Å². The first-order chi connectivity index (χ1) is 10.0. The normalized spacial score (nSPS) is 15.1. The van der Waals surface area contributed by atoms with Crippen molar-refractivity contribution < 1.29 is 8.42 Å². The Morgan fingerprint density at radius 1 is 1.29 bits per heavy atom. The van der Waals surface area contributed by atoms with Crippen LogP contribution in [0, 0.1) is 0 Å². The van der Waals surface area contributed by atoms with Crippen molar-refractivity contribution >= 4 is 15.7 Å². The summed E-state index contributed by atoms with van der Waals surface area (Å²) in [5.41, 5.74) is 1.69. The smallest absolute Gasteiger partial charge is 0.265 e. The molecule has 2 aromatic rings. The van der Waals surface area contributed by atoms with E-state index in [4.69, 9.17) is 0 Å². The highest BCUT2D eigenvalue weighted by molar-refractivity contribution is 7.92. The Kier molecular flexibility index (Phi) is 3.69. The monoisotopic (exact) mass is 306 g/mol. The summed E-state index contributed by atoms with van der Waals surface area (Å²) < 4.78 is 28.3. The van der Waals surface area contributed by atoms with Crippen molar-refractivity contribution in [1.82, 2.24) is 15.1 Å². The van der Waals surface area contributed by atoms with Crippen LogP contribution < -0.4 is 10.0 Å². The zero-order valence-corrected chi connectivity index (χ0v) is 12.6. The average Bonchev–Trinajstić information content (AvgIpc) is 3.17. The highest BCUT2D eigenvalue weighted by atomic mass is 32.2. The van der Waals surface area contributed by atoms with E-state index in [1.165, 1.54) is 29.9 Å². The quantitative estimate of drug-likeness (QED) is 0.847. The summed E-state index contributed by atoms with van der Waals surface area (Å²) in [6, 6.07) is 8.07. The SMILES string of the molecule is Cn1cc(S(=O)(=O)Nc2ccc(CNC3CC3)cc2)cn1. The summed E-state index contributed by atoms with van der Waals surface area (Å²) in [7, 11) is -1.89. The lowest BCUT2D eigenvalue weighted by atomic mass is 10.2. The molecule has 1 saturated carbocycles. The molecule has 1 aliphatic rings. The molecule has 0 amide bonds. The third-order valence-electron chi connectivity index (χ3n) is 3.37. The number of nitrogens with zero attached hydrogens (tertiary/aromatic N) is 2. The molecule has 1 aromatic carbocycles. The van der Waals surface area contributed by atoms with Gasteiger partial charge >= 0.3 is 0 Å². The van der Waals surface area contributed by atoms with E-state index < -0.39 is 10.0 Å². The summed E-state index contributed by atoms with van der Waals surface area (Å²) in [4.78, 5) is 0.157. The maximum absolute atomic E-state index is 12.1. The van der Waals surface area contributed by atoms with E-state index in [1.54, 1.807) is 19.2 Å². The lowest BCUT2D eigenvalue weighted by Crippen LogP contribution is -2.15. The zero-order chi connectivity index (χ0) is 14.9. The molecule has 3 rings (SSSR count). The molecule has 0 saturated heterocycles. The molecule has 7 heteroatoms. The van der Waals surface area contributed by atoms with Crippen LogP contribution in [0.5, 0.6) is 0 Å². The van der Waals surface area contributed by atoms with Crippen LogP contribution in [0.1, 0.15) is 18.4 Å². The molecule has 0 aliphatic heterocycles. The molecule has 1 heterocycles.